The van der Waals surface area contributed by atoms with Crippen LogP contribution < -0.4 is 20.9 Å². The van der Waals surface area contributed by atoms with E-state index in [1.807, 2.05) is 61.8 Å². The normalized spacial score (nSPS) is 16.9. The van der Waals surface area contributed by atoms with Crippen molar-refractivity contribution in [2.75, 3.05) is 28.7 Å². The third kappa shape index (κ3) is 7.66. The zero-order valence-electron chi connectivity index (χ0n) is 24.5. The molecule has 44 heavy (non-hydrogen) atoms. The van der Waals surface area contributed by atoms with Crippen molar-refractivity contribution in [3.05, 3.63) is 78.4 Å². The van der Waals surface area contributed by atoms with E-state index in [4.69, 9.17) is 10.1 Å². The molecule has 5 rings (SSSR count). The highest BCUT2D eigenvalue weighted by molar-refractivity contribution is 5.91. The Kier molecular flexibility index (Phi) is 9.96. The van der Waals surface area contributed by atoms with Crippen molar-refractivity contribution in [2.45, 2.75) is 50.4 Å². The molecule has 0 saturated heterocycles. The largest absolute Gasteiger partial charge is 0.394 e. The van der Waals surface area contributed by atoms with Gasteiger partial charge >= 0.3 is 6.03 Å². The summed E-state index contributed by atoms with van der Waals surface area (Å²) in [6, 6.07) is 15.4. The van der Waals surface area contributed by atoms with Gasteiger partial charge < -0.3 is 26.2 Å². The maximum atomic E-state index is 13.6. The van der Waals surface area contributed by atoms with Gasteiger partial charge in [0, 0.05) is 55.7 Å². The number of aryl methyl sites for hydroxylation is 1. The smallest absolute Gasteiger partial charge is 0.323 e. The third-order valence-electron chi connectivity index (χ3n) is 7.56. The number of aliphatic hydroxyl groups is 2. The second-order valence-corrected chi connectivity index (χ2v) is 10.8. The van der Waals surface area contributed by atoms with E-state index in [2.05, 4.69) is 31.0 Å². The number of urea groups is 1. The molecule has 1 saturated carbocycles. The first-order valence-corrected chi connectivity index (χ1v) is 14.6. The molecule has 1 aromatic carbocycles. The van der Waals surface area contributed by atoms with Crippen LogP contribution in [-0.4, -0.2) is 72.3 Å². The summed E-state index contributed by atoms with van der Waals surface area (Å²) in [5, 5.41) is 41.7. The highest BCUT2D eigenvalue weighted by Crippen LogP contribution is 2.29. The molecule has 2 amide bonds. The number of hydrogen-bond acceptors (Lipinski definition) is 10. The molecule has 1 aliphatic carbocycles. The second kappa shape index (κ2) is 14.4. The van der Waals surface area contributed by atoms with E-state index < -0.39 is 12.7 Å². The van der Waals surface area contributed by atoms with Crippen LogP contribution >= 0.6 is 0 Å². The van der Waals surface area contributed by atoms with Gasteiger partial charge in [-0.1, -0.05) is 30.3 Å². The summed E-state index contributed by atoms with van der Waals surface area (Å²) in [6.07, 6.45) is 8.90. The van der Waals surface area contributed by atoms with Crippen molar-refractivity contribution in [3.63, 3.8) is 0 Å². The number of nitriles is 1. The summed E-state index contributed by atoms with van der Waals surface area (Å²) >= 11 is 0. The van der Waals surface area contributed by atoms with Crippen LogP contribution in [0.5, 0.6) is 0 Å². The van der Waals surface area contributed by atoms with Gasteiger partial charge in [-0.05, 0) is 43.4 Å². The Bertz CT molecular complexity index is 1560. The van der Waals surface area contributed by atoms with Gasteiger partial charge in [-0.15, -0.1) is 0 Å². The Labute approximate surface area is 255 Å². The number of benzene rings is 1. The van der Waals surface area contributed by atoms with Crippen LogP contribution in [0.4, 0.5) is 22.4 Å². The Morgan fingerprint density at radius 3 is 2.55 bits per heavy atom. The van der Waals surface area contributed by atoms with Crippen molar-refractivity contribution in [1.29, 1.82) is 5.26 Å². The third-order valence-corrected chi connectivity index (χ3v) is 7.56. The molecule has 0 aliphatic heterocycles. The number of pyridine rings is 1. The summed E-state index contributed by atoms with van der Waals surface area (Å²) < 4.78 is 1.74. The number of rotatable bonds is 11. The van der Waals surface area contributed by atoms with Crippen LogP contribution in [0.25, 0.3) is 11.1 Å². The van der Waals surface area contributed by atoms with Crippen molar-refractivity contribution < 1.29 is 15.0 Å². The Morgan fingerprint density at radius 2 is 1.89 bits per heavy atom. The summed E-state index contributed by atoms with van der Waals surface area (Å²) in [5.41, 5.74) is 3.12. The van der Waals surface area contributed by atoms with Gasteiger partial charge in [0.2, 0.25) is 5.95 Å². The average Bonchev–Trinajstić information content (AvgIpc) is 3.50. The zero-order chi connectivity index (χ0) is 30.9. The summed E-state index contributed by atoms with van der Waals surface area (Å²) in [5.74, 6) is 1.22. The minimum absolute atomic E-state index is 0.0478. The average molecular weight is 597 g/mol. The van der Waals surface area contributed by atoms with Crippen molar-refractivity contribution >= 4 is 23.6 Å². The first-order valence-electron chi connectivity index (χ1n) is 14.6. The first kappa shape index (κ1) is 30.4. The highest BCUT2D eigenvalue weighted by atomic mass is 16.3. The SMILES string of the molecule is Cn1cc(-c2ccc(N(C(=O)NCc3ccccc3)[C@H]3CC[C@H](Nc4ncc(C#N)c(NCC(O)CO)n4)CC3)nc2)cn1. The molecule has 1 fully saturated rings. The monoisotopic (exact) mass is 596 g/mol. The molecule has 13 nitrogen and oxygen atoms in total. The van der Waals surface area contributed by atoms with Crippen LogP contribution in [0.1, 0.15) is 36.8 Å². The van der Waals surface area contributed by atoms with Crippen LogP contribution in [0.15, 0.2) is 67.3 Å². The quantitative estimate of drug-likeness (QED) is 0.173. The molecule has 1 unspecified atom stereocenters. The molecule has 5 N–H and O–H groups in total. The fraction of sp³-hybridized carbons (Fsp3) is 0.355. The molecular weight excluding hydrogens is 560 g/mol. The predicted octanol–water partition coefficient (Wildman–Crippen LogP) is 3.05. The lowest BCUT2D eigenvalue weighted by atomic mass is 9.90. The first-order chi connectivity index (χ1) is 21.4. The Hall–Kier alpha value is -5.06. The summed E-state index contributed by atoms with van der Waals surface area (Å²) in [4.78, 5) is 28.8. The van der Waals surface area contributed by atoms with Gasteiger partial charge in [0.25, 0.3) is 0 Å². The Balaban J connectivity index is 1.27. The minimum atomic E-state index is -0.975. The number of carbonyl (C=O) groups is 1. The van der Waals surface area contributed by atoms with Crippen LogP contribution in [0, 0.1) is 11.3 Å². The maximum absolute atomic E-state index is 13.6. The van der Waals surface area contributed by atoms with E-state index >= 15 is 0 Å². The van der Waals surface area contributed by atoms with Gasteiger partial charge in [-0.25, -0.2) is 14.8 Å². The van der Waals surface area contributed by atoms with E-state index in [1.54, 1.807) is 22.0 Å². The number of aromatic nitrogens is 5. The van der Waals surface area contributed by atoms with E-state index in [1.165, 1.54) is 6.20 Å². The van der Waals surface area contributed by atoms with E-state index in [9.17, 15) is 15.2 Å². The number of nitrogens with zero attached hydrogens (tertiary/aromatic N) is 7. The van der Waals surface area contributed by atoms with E-state index in [-0.39, 0.29) is 36.0 Å². The number of anilines is 3. The number of carbonyl (C=O) groups excluding carboxylic acids is 1. The van der Waals surface area contributed by atoms with Crippen molar-refractivity contribution in [2.24, 2.45) is 7.05 Å². The van der Waals surface area contributed by atoms with Crippen molar-refractivity contribution in [1.82, 2.24) is 30.0 Å². The summed E-state index contributed by atoms with van der Waals surface area (Å²) in [7, 11) is 1.86. The molecule has 1 aliphatic rings. The van der Waals surface area contributed by atoms with Crippen LogP contribution in [0.3, 0.4) is 0 Å². The maximum Gasteiger partial charge on any atom is 0.323 e. The number of nitrogens with one attached hydrogen (secondary N) is 3. The number of hydrogen-bond donors (Lipinski definition) is 5. The van der Waals surface area contributed by atoms with E-state index in [0.717, 1.165) is 42.4 Å². The van der Waals surface area contributed by atoms with Gasteiger partial charge in [-0.3, -0.25) is 9.58 Å². The molecule has 3 aromatic heterocycles. The van der Waals surface area contributed by atoms with Crippen molar-refractivity contribution in [3.8, 4) is 17.2 Å². The standard InChI is InChI=1S/C31H36N10O3/c1-40-19-24(17-37-40)22-7-12-28(33-15-22)41(31(44)36-14-21-5-3-2-4-6-21)26-10-8-25(9-11-26)38-30-35-16-23(13-32)29(39-30)34-18-27(43)20-42/h2-7,12,15-17,19,25-27,42-43H,8-11,14,18,20H2,1H3,(H,36,44)(H2,34,35,38,39)/t25-,26-,27?. The molecule has 3 heterocycles. The number of amides is 2. The lowest BCUT2D eigenvalue weighted by Gasteiger charge is -2.36. The van der Waals surface area contributed by atoms with Gasteiger partial charge in [0.15, 0.2) is 0 Å². The molecule has 1 atom stereocenters. The number of aliphatic hydroxyl groups excluding tert-OH is 2. The van der Waals surface area contributed by atoms with E-state index in [0.29, 0.717) is 18.3 Å². The lowest BCUT2D eigenvalue weighted by molar-refractivity contribution is 0.105. The minimum Gasteiger partial charge on any atom is -0.394 e. The molecular formula is C31H36N10O3. The summed E-state index contributed by atoms with van der Waals surface area (Å²) in [6.45, 7) is 0.0501. The second-order valence-electron chi connectivity index (χ2n) is 10.8. The molecule has 13 heteroatoms. The van der Waals surface area contributed by atoms with Crippen LogP contribution in [0.2, 0.25) is 0 Å². The van der Waals surface area contributed by atoms with Crippen LogP contribution in [-0.2, 0) is 13.6 Å². The predicted molar refractivity (Wildman–Crippen MR) is 166 cm³/mol. The zero-order valence-corrected chi connectivity index (χ0v) is 24.5. The van der Waals surface area contributed by atoms with Gasteiger partial charge in [0.05, 0.1) is 25.1 Å². The van der Waals surface area contributed by atoms with Gasteiger partial charge in [-0.2, -0.15) is 15.3 Å². The molecule has 0 bridgehead atoms. The molecule has 0 spiro atoms. The molecule has 4 aromatic rings. The lowest BCUT2D eigenvalue weighted by Crippen LogP contribution is -2.49. The fourth-order valence-corrected chi connectivity index (χ4v) is 5.19. The fourth-order valence-electron chi connectivity index (χ4n) is 5.19. The van der Waals surface area contributed by atoms with Gasteiger partial charge in [0.1, 0.15) is 23.3 Å². The molecule has 228 valence electrons. The molecule has 0 radical (unpaired) electrons. The topological polar surface area (TPSA) is 177 Å². The highest BCUT2D eigenvalue weighted by Gasteiger charge is 2.31. The Morgan fingerprint density at radius 1 is 1.09 bits per heavy atom.